The number of ether oxygens (including phenoxy) is 1. The number of hydrogen-bond donors (Lipinski definition) is 3. The molecular weight excluding hydrogens is 318 g/mol. The summed E-state index contributed by atoms with van der Waals surface area (Å²) in [7, 11) is 0. The fourth-order valence-electron chi connectivity index (χ4n) is 2.65. The van der Waals surface area contributed by atoms with Gasteiger partial charge in [0, 0.05) is 24.5 Å². The lowest BCUT2D eigenvalue weighted by atomic mass is 10.2. The van der Waals surface area contributed by atoms with Gasteiger partial charge >= 0.3 is 6.03 Å². The van der Waals surface area contributed by atoms with Crippen LogP contribution in [0.3, 0.4) is 0 Å². The van der Waals surface area contributed by atoms with Crippen LogP contribution in [0.5, 0.6) is 0 Å². The van der Waals surface area contributed by atoms with Crippen LogP contribution in [0.15, 0.2) is 54.6 Å². The van der Waals surface area contributed by atoms with Crippen molar-refractivity contribution in [2.24, 2.45) is 0 Å². The molecule has 3 amide bonds. The normalized spacial score (nSPS) is 16.2. The van der Waals surface area contributed by atoms with Gasteiger partial charge in [-0.15, -0.1) is 0 Å². The van der Waals surface area contributed by atoms with E-state index < -0.39 is 0 Å². The van der Waals surface area contributed by atoms with Crippen LogP contribution in [0.25, 0.3) is 0 Å². The van der Waals surface area contributed by atoms with Gasteiger partial charge in [0.2, 0.25) is 0 Å². The van der Waals surface area contributed by atoms with E-state index in [1.165, 1.54) is 0 Å². The quantitative estimate of drug-likeness (QED) is 0.783. The van der Waals surface area contributed by atoms with Crippen molar-refractivity contribution in [3.63, 3.8) is 0 Å². The van der Waals surface area contributed by atoms with E-state index >= 15 is 0 Å². The summed E-state index contributed by atoms with van der Waals surface area (Å²) in [6.45, 7) is 1.00. The highest BCUT2D eigenvalue weighted by Gasteiger charge is 2.23. The molecule has 2 aromatic carbocycles. The summed E-state index contributed by atoms with van der Waals surface area (Å²) in [5.74, 6) is -0.121. The number of carbonyl (C=O) groups excluding carboxylic acids is 2. The maximum atomic E-state index is 12.1. The lowest BCUT2D eigenvalue weighted by Gasteiger charge is -2.12. The standard InChI is InChI=1S/C19H21N3O3/c23-18(17-10-5-11-25-17)21-16-9-4-6-14(12-16)13-20-19(24)22-15-7-2-1-3-8-15/h1-4,6-9,12,17H,5,10-11,13H2,(H,21,23)(H2,20,22,24). The number of amides is 3. The molecule has 6 heteroatoms. The van der Waals surface area contributed by atoms with Gasteiger partial charge in [-0.25, -0.2) is 4.79 Å². The smallest absolute Gasteiger partial charge is 0.319 e. The van der Waals surface area contributed by atoms with Gasteiger partial charge in [0.05, 0.1) is 0 Å². The molecule has 0 spiro atoms. The van der Waals surface area contributed by atoms with Gasteiger partial charge in [0.1, 0.15) is 6.10 Å². The third-order valence-electron chi connectivity index (χ3n) is 3.90. The van der Waals surface area contributed by atoms with E-state index in [2.05, 4.69) is 16.0 Å². The van der Waals surface area contributed by atoms with E-state index in [0.29, 0.717) is 18.8 Å². The third kappa shape index (κ3) is 5.06. The molecule has 1 atom stereocenters. The van der Waals surface area contributed by atoms with Crippen LogP contribution in [-0.2, 0) is 16.1 Å². The number of nitrogens with one attached hydrogen (secondary N) is 3. The number of benzene rings is 2. The number of rotatable bonds is 5. The summed E-state index contributed by atoms with van der Waals surface area (Å²) in [6, 6.07) is 16.4. The Balaban J connectivity index is 1.51. The van der Waals surface area contributed by atoms with Gasteiger partial charge in [-0.1, -0.05) is 30.3 Å². The Morgan fingerprint density at radius 1 is 1.00 bits per heavy atom. The molecule has 0 aliphatic carbocycles. The second-order valence-corrected chi connectivity index (χ2v) is 5.86. The zero-order chi connectivity index (χ0) is 17.5. The molecule has 1 heterocycles. The van der Waals surface area contributed by atoms with Gasteiger partial charge in [-0.2, -0.15) is 0 Å². The highest BCUT2D eigenvalue weighted by molar-refractivity contribution is 5.94. The molecule has 0 aromatic heterocycles. The Morgan fingerprint density at radius 3 is 2.56 bits per heavy atom. The van der Waals surface area contributed by atoms with Crippen LogP contribution in [0.2, 0.25) is 0 Å². The molecule has 2 aromatic rings. The number of anilines is 2. The number of para-hydroxylation sites is 1. The van der Waals surface area contributed by atoms with Crippen molar-refractivity contribution in [2.45, 2.75) is 25.5 Å². The van der Waals surface area contributed by atoms with Crippen molar-refractivity contribution in [3.8, 4) is 0 Å². The molecule has 25 heavy (non-hydrogen) atoms. The van der Waals surface area contributed by atoms with Gasteiger partial charge < -0.3 is 20.7 Å². The van der Waals surface area contributed by atoms with Crippen molar-refractivity contribution >= 4 is 23.3 Å². The van der Waals surface area contributed by atoms with E-state index in [9.17, 15) is 9.59 Å². The Bertz CT molecular complexity index is 728. The van der Waals surface area contributed by atoms with Gasteiger partial charge in [0.15, 0.2) is 0 Å². The molecule has 130 valence electrons. The molecule has 6 nitrogen and oxygen atoms in total. The van der Waals surface area contributed by atoms with Crippen LogP contribution >= 0.6 is 0 Å². The molecule has 0 saturated carbocycles. The zero-order valence-electron chi connectivity index (χ0n) is 13.8. The van der Waals surface area contributed by atoms with Gasteiger partial charge in [-0.05, 0) is 42.7 Å². The predicted molar refractivity (Wildman–Crippen MR) is 96.3 cm³/mol. The Kier molecular flexibility index (Phi) is 5.64. The first-order valence-electron chi connectivity index (χ1n) is 8.32. The summed E-state index contributed by atoms with van der Waals surface area (Å²) in [5.41, 5.74) is 2.33. The van der Waals surface area contributed by atoms with E-state index in [1.807, 2.05) is 54.6 Å². The molecule has 1 aliphatic rings. The highest BCUT2D eigenvalue weighted by atomic mass is 16.5. The minimum absolute atomic E-state index is 0.121. The van der Waals surface area contributed by atoms with Crippen molar-refractivity contribution in [1.29, 1.82) is 0 Å². The zero-order valence-corrected chi connectivity index (χ0v) is 13.8. The van der Waals surface area contributed by atoms with Gasteiger partial charge in [-0.3, -0.25) is 4.79 Å². The van der Waals surface area contributed by atoms with Crippen LogP contribution in [0.4, 0.5) is 16.2 Å². The number of urea groups is 1. The first-order valence-corrected chi connectivity index (χ1v) is 8.32. The molecule has 0 radical (unpaired) electrons. The first kappa shape index (κ1) is 17.0. The lowest BCUT2D eigenvalue weighted by molar-refractivity contribution is -0.124. The molecule has 1 fully saturated rings. The molecular formula is C19H21N3O3. The molecule has 1 saturated heterocycles. The van der Waals surface area contributed by atoms with Crippen molar-refractivity contribution in [3.05, 3.63) is 60.2 Å². The second-order valence-electron chi connectivity index (χ2n) is 5.86. The maximum absolute atomic E-state index is 12.1. The Labute approximate surface area is 146 Å². The SMILES string of the molecule is O=C(NCc1cccc(NC(=O)C2CCCO2)c1)Nc1ccccc1. The molecule has 0 bridgehead atoms. The number of carbonyl (C=O) groups is 2. The largest absolute Gasteiger partial charge is 0.368 e. The Hall–Kier alpha value is -2.86. The number of hydrogen-bond acceptors (Lipinski definition) is 3. The van der Waals surface area contributed by atoms with Crippen LogP contribution in [0, 0.1) is 0 Å². The predicted octanol–water partition coefficient (Wildman–Crippen LogP) is 3.13. The first-order chi connectivity index (χ1) is 12.2. The minimum Gasteiger partial charge on any atom is -0.368 e. The van der Waals surface area contributed by atoms with E-state index in [4.69, 9.17) is 4.74 Å². The van der Waals surface area contributed by atoms with Crippen molar-refractivity contribution in [2.75, 3.05) is 17.2 Å². The third-order valence-corrected chi connectivity index (χ3v) is 3.90. The van der Waals surface area contributed by atoms with E-state index in [0.717, 1.165) is 24.1 Å². The molecule has 1 aliphatic heterocycles. The second kappa shape index (κ2) is 8.30. The molecule has 3 rings (SSSR count). The summed E-state index contributed by atoms with van der Waals surface area (Å²) < 4.78 is 5.38. The highest BCUT2D eigenvalue weighted by Crippen LogP contribution is 2.16. The van der Waals surface area contributed by atoms with Crippen molar-refractivity contribution in [1.82, 2.24) is 5.32 Å². The van der Waals surface area contributed by atoms with E-state index in [-0.39, 0.29) is 18.0 Å². The van der Waals surface area contributed by atoms with Crippen molar-refractivity contribution < 1.29 is 14.3 Å². The fourth-order valence-corrected chi connectivity index (χ4v) is 2.65. The van der Waals surface area contributed by atoms with Gasteiger partial charge in [0.25, 0.3) is 5.91 Å². The topological polar surface area (TPSA) is 79.5 Å². The van der Waals surface area contributed by atoms with Crippen LogP contribution < -0.4 is 16.0 Å². The average Bonchev–Trinajstić information content (AvgIpc) is 3.16. The average molecular weight is 339 g/mol. The Morgan fingerprint density at radius 2 is 1.80 bits per heavy atom. The summed E-state index contributed by atoms with van der Waals surface area (Å²) >= 11 is 0. The minimum atomic E-state index is -0.363. The summed E-state index contributed by atoms with van der Waals surface area (Å²) in [6.07, 6.45) is 1.31. The molecule has 3 N–H and O–H groups in total. The molecule has 1 unspecified atom stereocenters. The lowest BCUT2D eigenvalue weighted by Crippen LogP contribution is -2.28. The van der Waals surface area contributed by atoms with Crippen LogP contribution in [0.1, 0.15) is 18.4 Å². The monoisotopic (exact) mass is 339 g/mol. The summed E-state index contributed by atoms with van der Waals surface area (Å²) in [4.78, 5) is 24.0. The van der Waals surface area contributed by atoms with Crippen LogP contribution in [-0.4, -0.2) is 24.6 Å². The van der Waals surface area contributed by atoms with E-state index in [1.54, 1.807) is 0 Å². The maximum Gasteiger partial charge on any atom is 0.319 e. The fraction of sp³-hybridized carbons (Fsp3) is 0.263. The summed E-state index contributed by atoms with van der Waals surface area (Å²) in [5, 5.41) is 8.41.